The first kappa shape index (κ1) is 22.2. The zero-order chi connectivity index (χ0) is 20.3. The van der Waals surface area contributed by atoms with Crippen molar-refractivity contribution in [1.82, 2.24) is 0 Å². The first-order valence-electron chi connectivity index (χ1n) is 7.48. The van der Waals surface area contributed by atoms with Gasteiger partial charge in [-0.05, 0) is 20.3 Å². The van der Waals surface area contributed by atoms with Crippen molar-refractivity contribution < 1.29 is 44.8 Å². The molecule has 0 heterocycles. The van der Waals surface area contributed by atoms with Crippen molar-refractivity contribution in [3.05, 3.63) is 23.3 Å². The number of halogens is 4. The first-order chi connectivity index (χ1) is 11.8. The fraction of sp³-hybridized carbons (Fsp3) is 0.533. The molecule has 1 aromatic carbocycles. The molecule has 0 bridgehead atoms. The number of hydrogen-bond donors (Lipinski definition) is 1. The topological polar surface area (TPSA) is 89.9 Å². The number of rotatable bonds is 8. The Morgan fingerprint density at radius 3 is 2.12 bits per heavy atom. The van der Waals surface area contributed by atoms with Crippen LogP contribution in [0.4, 0.5) is 17.6 Å². The van der Waals surface area contributed by atoms with Crippen molar-refractivity contribution >= 4 is 16.1 Å². The quantitative estimate of drug-likeness (QED) is 0.179. The van der Waals surface area contributed by atoms with Crippen LogP contribution in [0.2, 0.25) is 0 Å². The number of esters is 1. The molecule has 6 nitrogen and oxygen atoms in total. The van der Waals surface area contributed by atoms with Gasteiger partial charge in [0.2, 0.25) is 5.82 Å². The summed E-state index contributed by atoms with van der Waals surface area (Å²) in [6, 6.07) is 0. The minimum atomic E-state index is -5.50. The van der Waals surface area contributed by atoms with E-state index in [-0.39, 0.29) is 13.0 Å². The minimum absolute atomic E-state index is 0.0649. The molecule has 0 fully saturated rings. The maximum atomic E-state index is 13.9. The van der Waals surface area contributed by atoms with Gasteiger partial charge in [-0.3, -0.25) is 9.35 Å². The highest BCUT2D eigenvalue weighted by atomic mass is 32.2. The Morgan fingerprint density at radius 1 is 1.04 bits per heavy atom. The van der Waals surface area contributed by atoms with Gasteiger partial charge >= 0.3 is 16.1 Å². The second-order valence-corrected chi connectivity index (χ2v) is 7.32. The smallest absolute Gasteiger partial charge is 0.311 e. The molecule has 1 aromatic rings. The molecule has 1 rings (SSSR count). The van der Waals surface area contributed by atoms with Gasteiger partial charge in [0, 0.05) is 6.42 Å². The molecular formula is C15H18F4O6S. The van der Waals surface area contributed by atoms with Gasteiger partial charge in [0.15, 0.2) is 28.1 Å². The van der Waals surface area contributed by atoms with Gasteiger partial charge in [0.25, 0.3) is 0 Å². The Labute approximate surface area is 147 Å². The lowest BCUT2D eigenvalue weighted by molar-refractivity contribution is -0.154. The van der Waals surface area contributed by atoms with Gasteiger partial charge in [0.1, 0.15) is 0 Å². The van der Waals surface area contributed by atoms with E-state index in [2.05, 4.69) is 4.74 Å². The molecule has 0 saturated carbocycles. The molecule has 1 N–H and O–H groups in total. The minimum Gasteiger partial charge on any atom is -0.487 e. The van der Waals surface area contributed by atoms with E-state index in [1.807, 2.05) is 0 Å². The molecule has 0 spiro atoms. The number of hydrogen-bond acceptors (Lipinski definition) is 5. The molecule has 11 heteroatoms. The van der Waals surface area contributed by atoms with Crippen LogP contribution in [0.3, 0.4) is 0 Å². The van der Waals surface area contributed by atoms with E-state index < -0.39 is 62.0 Å². The molecule has 148 valence electrons. The normalized spacial score (nSPS) is 12.2. The summed E-state index contributed by atoms with van der Waals surface area (Å²) in [5.74, 6) is -10.9. The summed E-state index contributed by atoms with van der Waals surface area (Å²) in [4.78, 5) is 9.65. The van der Waals surface area contributed by atoms with Crippen molar-refractivity contribution in [2.75, 3.05) is 13.2 Å². The average Bonchev–Trinajstić information content (AvgIpc) is 2.53. The summed E-state index contributed by atoms with van der Waals surface area (Å²) in [7, 11) is -5.50. The predicted octanol–water partition coefficient (Wildman–Crippen LogP) is 3.24. The van der Waals surface area contributed by atoms with Gasteiger partial charge in [-0.25, -0.2) is 13.2 Å². The number of carbonyl (C=O) groups is 1. The molecule has 0 atom stereocenters. The van der Waals surface area contributed by atoms with Crippen LogP contribution in [0.5, 0.6) is 5.75 Å². The maximum Gasteiger partial charge on any atom is 0.311 e. The molecule has 0 aliphatic rings. The number of carbonyl (C=O) groups excluding carboxylic acids is 1. The molecule has 0 radical (unpaired) electrons. The van der Waals surface area contributed by atoms with Gasteiger partial charge in [-0.1, -0.05) is 6.92 Å². The monoisotopic (exact) mass is 402 g/mol. The van der Waals surface area contributed by atoms with E-state index in [0.29, 0.717) is 6.42 Å². The van der Waals surface area contributed by atoms with Crippen LogP contribution >= 0.6 is 0 Å². The molecular weight excluding hydrogens is 384 g/mol. The van der Waals surface area contributed by atoms with Crippen LogP contribution in [0.1, 0.15) is 33.6 Å². The molecule has 0 unspecified atom stereocenters. The van der Waals surface area contributed by atoms with Crippen LogP contribution in [0.15, 0.2) is 4.90 Å². The van der Waals surface area contributed by atoms with E-state index in [1.54, 1.807) is 20.8 Å². The average molecular weight is 402 g/mol. The fourth-order valence-corrected chi connectivity index (χ4v) is 2.32. The highest BCUT2D eigenvalue weighted by Gasteiger charge is 2.33. The summed E-state index contributed by atoms with van der Waals surface area (Å²) in [6.45, 7) is 4.43. The SMILES string of the molecule is CCC(C)(C)C(=O)OCCCOc1c(F)c(F)c(F)c(S(=O)(=O)O)c1F. The van der Waals surface area contributed by atoms with Gasteiger partial charge in [0.05, 0.1) is 18.6 Å². The predicted molar refractivity (Wildman–Crippen MR) is 81.2 cm³/mol. The van der Waals surface area contributed by atoms with E-state index >= 15 is 0 Å². The third-order valence-electron chi connectivity index (χ3n) is 3.65. The summed E-state index contributed by atoms with van der Waals surface area (Å²) in [6.07, 6.45) is 0.455. The van der Waals surface area contributed by atoms with Crippen LogP contribution < -0.4 is 4.74 Å². The summed E-state index contributed by atoms with van der Waals surface area (Å²) in [5.41, 5.74) is -0.719. The van der Waals surface area contributed by atoms with Gasteiger partial charge in [-0.2, -0.15) is 12.8 Å². The highest BCUT2D eigenvalue weighted by Crippen LogP contribution is 2.32. The van der Waals surface area contributed by atoms with Crippen molar-refractivity contribution in [2.24, 2.45) is 5.41 Å². The Balaban J connectivity index is 2.84. The second-order valence-electron chi connectivity index (χ2n) is 5.96. The Bertz CT molecular complexity index is 792. The molecule has 0 aromatic heterocycles. The Hall–Kier alpha value is -1.88. The van der Waals surface area contributed by atoms with Crippen molar-refractivity contribution in [3.8, 4) is 5.75 Å². The van der Waals surface area contributed by atoms with Crippen LogP contribution in [0.25, 0.3) is 0 Å². The van der Waals surface area contributed by atoms with Crippen molar-refractivity contribution in [2.45, 2.75) is 38.5 Å². The van der Waals surface area contributed by atoms with Crippen LogP contribution in [-0.2, 0) is 19.6 Å². The van der Waals surface area contributed by atoms with Gasteiger partial charge in [-0.15, -0.1) is 0 Å². The summed E-state index contributed by atoms with van der Waals surface area (Å²) in [5, 5.41) is 0. The third kappa shape index (κ3) is 4.85. The molecule has 0 aliphatic heterocycles. The lowest BCUT2D eigenvalue weighted by atomic mass is 9.91. The molecule has 26 heavy (non-hydrogen) atoms. The molecule has 0 amide bonds. The molecule has 0 saturated heterocycles. The van der Waals surface area contributed by atoms with Gasteiger partial charge < -0.3 is 9.47 Å². The van der Waals surface area contributed by atoms with Crippen molar-refractivity contribution in [1.29, 1.82) is 0 Å². The zero-order valence-electron chi connectivity index (χ0n) is 14.2. The zero-order valence-corrected chi connectivity index (χ0v) is 15.1. The summed E-state index contributed by atoms with van der Waals surface area (Å²) < 4.78 is 94.4. The van der Waals surface area contributed by atoms with Crippen LogP contribution in [0, 0.1) is 28.7 Å². The third-order valence-corrected chi connectivity index (χ3v) is 4.52. The van der Waals surface area contributed by atoms with E-state index in [1.165, 1.54) is 0 Å². The van der Waals surface area contributed by atoms with E-state index in [0.717, 1.165) is 0 Å². The maximum absolute atomic E-state index is 13.9. The van der Waals surface area contributed by atoms with Crippen molar-refractivity contribution in [3.63, 3.8) is 0 Å². The Morgan fingerprint density at radius 2 is 1.62 bits per heavy atom. The first-order valence-corrected chi connectivity index (χ1v) is 8.92. The second kappa shape index (κ2) is 8.21. The highest BCUT2D eigenvalue weighted by molar-refractivity contribution is 7.85. The lowest BCUT2D eigenvalue weighted by Crippen LogP contribution is -2.26. The van der Waals surface area contributed by atoms with E-state index in [9.17, 15) is 30.8 Å². The van der Waals surface area contributed by atoms with Crippen LogP contribution in [-0.4, -0.2) is 32.2 Å². The lowest BCUT2D eigenvalue weighted by Gasteiger charge is -2.20. The summed E-state index contributed by atoms with van der Waals surface area (Å²) >= 11 is 0. The Kier molecular flexibility index (Phi) is 7.00. The van der Waals surface area contributed by atoms with E-state index in [4.69, 9.17) is 9.29 Å². The fourth-order valence-electron chi connectivity index (χ4n) is 1.68. The molecule has 0 aliphatic carbocycles. The number of ether oxygens (including phenoxy) is 2. The number of benzene rings is 1. The standard InChI is InChI=1S/C15H18F4O6S/c1-4-15(2,3)14(20)25-7-5-6-24-12-9(17)8(16)10(18)13(11(12)19)26(21,22)23/h4-7H2,1-3H3,(H,21,22,23). The largest absolute Gasteiger partial charge is 0.487 e.